The van der Waals surface area contributed by atoms with E-state index in [4.69, 9.17) is 0 Å². The van der Waals surface area contributed by atoms with E-state index in [1.54, 1.807) is 6.92 Å². The molecule has 1 aromatic rings. The van der Waals surface area contributed by atoms with Gasteiger partial charge < -0.3 is 4.90 Å². The van der Waals surface area contributed by atoms with E-state index in [0.29, 0.717) is 10.9 Å². The molecule has 0 bridgehead atoms. The van der Waals surface area contributed by atoms with Crippen molar-refractivity contribution < 1.29 is 4.79 Å². The van der Waals surface area contributed by atoms with E-state index in [9.17, 15) is 4.79 Å². The van der Waals surface area contributed by atoms with Crippen LogP contribution >= 0.6 is 11.3 Å². The van der Waals surface area contributed by atoms with E-state index in [1.165, 1.54) is 11.3 Å². The number of carbonyl (C=O) groups is 1. The molecule has 82 valence electrons. The van der Waals surface area contributed by atoms with E-state index in [2.05, 4.69) is 16.9 Å². The molecule has 0 amide bonds. The zero-order valence-corrected chi connectivity index (χ0v) is 10.0. The minimum Gasteiger partial charge on any atom is -0.306 e. The van der Waals surface area contributed by atoms with Crippen molar-refractivity contribution in [1.29, 1.82) is 0 Å². The smallest absolute Gasteiger partial charge is 0.188 e. The Morgan fingerprint density at radius 1 is 1.53 bits per heavy atom. The number of thiazole rings is 1. The van der Waals surface area contributed by atoms with Gasteiger partial charge in [0, 0.05) is 18.2 Å². The molecule has 1 fully saturated rings. The third-order valence-electron chi connectivity index (χ3n) is 2.96. The van der Waals surface area contributed by atoms with Crippen LogP contribution in [0.3, 0.4) is 0 Å². The first-order valence-corrected chi connectivity index (χ1v) is 6.19. The van der Waals surface area contributed by atoms with Crippen molar-refractivity contribution in [2.45, 2.75) is 25.7 Å². The summed E-state index contributed by atoms with van der Waals surface area (Å²) in [6, 6.07) is 0. The van der Waals surface area contributed by atoms with Gasteiger partial charge in [-0.05, 0) is 33.0 Å². The van der Waals surface area contributed by atoms with Crippen LogP contribution in [0, 0.1) is 0 Å². The summed E-state index contributed by atoms with van der Waals surface area (Å²) in [5.74, 6) is 0.643. The van der Waals surface area contributed by atoms with Crippen LogP contribution in [0.5, 0.6) is 0 Å². The lowest BCUT2D eigenvalue weighted by Gasteiger charge is -2.27. The van der Waals surface area contributed by atoms with Gasteiger partial charge in [0.15, 0.2) is 10.8 Å². The molecule has 2 heterocycles. The highest BCUT2D eigenvalue weighted by Gasteiger charge is 2.21. The summed E-state index contributed by atoms with van der Waals surface area (Å²) in [4.78, 5) is 17.9. The van der Waals surface area contributed by atoms with Crippen LogP contribution in [-0.2, 0) is 0 Å². The van der Waals surface area contributed by atoms with Crippen molar-refractivity contribution in [3.63, 3.8) is 0 Å². The summed E-state index contributed by atoms with van der Waals surface area (Å²) >= 11 is 1.48. The molecule has 0 spiro atoms. The number of aromatic nitrogens is 1. The molecule has 15 heavy (non-hydrogen) atoms. The van der Waals surface area contributed by atoms with Gasteiger partial charge in [-0.2, -0.15) is 0 Å². The van der Waals surface area contributed by atoms with Crippen LogP contribution in [0.15, 0.2) is 5.38 Å². The lowest BCUT2D eigenvalue weighted by molar-refractivity contribution is 0.101. The number of carbonyl (C=O) groups excluding carboxylic acids is 1. The highest BCUT2D eigenvalue weighted by Crippen LogP contribution is 2.28. The number of ketones is 1. The Morgan fingerprint density at radius 2 is 2.20 bits per heavy atom. The fraction of sp³-hybridized carbons (Fsp3) is 0.636. The normalized spacial score (nSPS) is 19.3. The Labute approximate surface area is 94.1 Å². The molecule has 0 radical (unpaired) electrons. The average Bonchev–Trinajstić information content (AvgIpc) is 2.68. The van der Waals surface area contributed by atoms with Gasteiger partial charge in [-0.3, -0.25) is 4.79 Å². The van der Waals surface area contributed by atoms with E-state index in [1.807, 2.05) is 5.38 Å². The van der Waals surface area contributed by atoms with Gasteiger partial charge >= 0.3 is 0 Å². The van der Waals surface area contributed by atoms with Crippen molar-refractivity contribution in [2.24, 2.45) is 0 Å². The molecule has 3 nitrogen and oxygen atoms in total. The van der Waals surface area contributed by atoms with E-state index >= 15 is 0 Å². The largest absolute Gasteiger partial charge is 0.306 e. The molecule has 0 atom stereocenters. The molecule has 0 saturated carbocycles. The van der Waals surface area contributed by atoms with Crippen molar-refractivity contribution in [3.8, 4) is 0 Å². The topological polar surface area (TPSA) is 33.2 Å². The molecule has 1 saturated heterocycles. The molecule has 0 N–H and O–H groups in total. The summed E-state index contributed by atoms with van der Waals surface area (Å²) in [5.41, 5.74) is 1.12. The molecule has 2 rings (SSSR count). The van der Waals surface area contributed by atoms with Gasteiger partial charge in [0.1, 0.15) is 0 Å². The lowest BCUT2D eigenvalue weighted by atomic mass is 9.95. The van der Waals surface area contributed by atoms with Crippen LogP contribution in [0.4, 0.5) is 0 Å². The first kappa shape index (κ1) is 10.8. The summed E-state index contributed by atoms with van der Waals surface area (Å²) in [7, 11) is 2.15. The zero-order valence-electron chi connectivity index (χ0n) is 9.19. The standard InChI is InChI=1S/C11H16N2OS/c1-8(14)11-12-10(7-15-11)9-3-5-13(2)6-4-9/h7,9H,3-6H2,1-2H3. The third kappa shape index (κ3) is 2.44. The first-order chi connectivity index (χ1) is 7.16. The van der Waals surface area contributed by atoms with Crippen LogP contribution < -0.4 is 0 Å². The molecule has 0 aromatic carbocycles. The average molecular weight is 224 g/mol. The maximum Gasteiger partial charge on any atom is 0.188 e. The monoisotopic (exact) mass is 224 g/mol. The fourth-order valence-corrected chi connectivity index (χ4v) is 2.74. The molecular weight excluding hydrogens is 208 g/mol. The van der Waals surface area contributed by atoms with Crippen LogP contribution in [0.1, 0.15) is 41.2 Å². The Morgan fingerprint density at radius 3 is 2.73 bits per heavy atom. The number of piperidine rings is 1. The molecule has 1 aliphatic rings. The maximum absolute atomic E-state index is 11.1. The summed E-state index contributed by atoms with van der Waals surface area (Å²) in [5, 5.41) is 2.70. The number of rotatable bonds is 2. The lowest BCUT2D eigenvalue weighted by Crippen LogP contribution is -2.29. The minimum atomic E-state index is 0.0826. The van der Waals surface area contributed by atoms with Gasteiger partial charge in [-0.1, -0.05) is 0 Å². The molecule has 0 aliphatic carbocycles. The molecule has 4 heteroatoms. The molecule has 0 unspecified atom stereocenters. The number of hydrogen-bond acceptors (Lipinski definition) is 4. The highest BCUT2D eigenvalue weighted by molar-refractivity contribution is 7.11. The second-order valence-corrected chi connectivity index (χ2v) is 5.07. The summed E-state index contributed by atoms with van der Waals surface area (Å²) in [6.07, 6.45) is 2.33. The van der Waals surface area contributed by atoms with Crippen LogP contribution in [0.2, 0.25) is 0 Å². The van der Waals surface area contributed by atoms with Gasteiger partial charge in [0.2, 0.25) is 0 Å². The van der Waals surface area contributed by atoms with E-state index in [0.717, 1.165) is 31.6 Å². The predicted octanol–water partition coefficient (Wildman–Crippen LogP) is 2.15. The third-order valence-corrected chi connectivity index (χ3v) is 3.92. The first-order valence-electron chi connectivity index (χ1n) is 5.31. The van der Waals surface area contributed by atoms with Crippen molar-refractivity contribution >= 4 is 17.1 Å². The highest BCUT2D eigenvalue weighted by atomic mass is 32.1. The maximum atomic E-state index is 11.1. The summed E-state index contributed by atoms with van der Waals surface area (Å²) < 4.78 is 0. The second kappa shape index (κ2) is 4.41. The van der Waals surface area contributed by atoms with E-state index < -0.39 is 0 Å². The Balaban J connectivity index is 2.06. The number of nitrogens with zero attached hydrogens (tertiary/aromatic N) is 2. The Hall–Kier alpha value is -0.740. The number of likely N-dealkylation sites (tertiary alicyclic amines) is 1. The SMILES string of the molecule is CC(=O)c1nc(C2CCN(C)CC2)cs1. The Kier molecular flexibility index (Phi) is 3.17. The quantitative estimate of drug-likeness (QED) is 0.722. The molecule has 1 aliphatic heterocycles. The van der Waals surface area contributed by atoms with Gasteiger partial charge in [-0.15, -0.1) is 11.3 Å². The minimum absolute atomic E-state index is 0.0826. The van der Waals surface area contributed by atoms with Crippen LogP contribution in [0.25, 0.3) is 0 Å². The molecule has 1 aromatic heterocycles. The fourth-order valence-electron chi connectivity index (χ4n) is 1.94. The van der Waals surface area contributed by atoms with Crippen molar-refractivity contribution in [3.05, 3.63) is 16.1 Å². The predicted molar refractivity (Wildman–Crippen MR) is 61.6 cm³/mol. The van der Waals surface area contributed by atoms with Gasteiger partial charge in [0.25, 0.3) is 0 Å². The molecular formula is C11H16N2OS. The van der Waals surface area contributed by atoms with Gasteiger partial charge in [0.05, 0.1) is 5.69 Å². The second-order valence-electron chi connectivity index (χ2n) is 4.21. The Bertz CT molecular complexity index is 353. The van der Waals surface area contributed by atoms with Crippen LogP contribution in [-0.4, -0.2) is 35.8 Å². The zero-order chi connectivity index (χ0) is 10.8. The summed E-state index contributed by atoms with van der Waals surface area (Å²) in [6.45, 7) is 3.85. The van der Waals surface area contributed by atoms with Crippen molar-refractivity contribution in [1.82, 2.24) is 9.88 Å². The number of Topliss-reactive ketones (excluding diaryl/α,β-unsaturated/α-hetero) is 1. The van der Waals surface area contributed by atoms with Gasteiger partial charge in [-0.25, -0.2) is 4.98 Å². The number of hydrogen-bond donors (Lipinski definition) is 0. The van der Waals surface area contributed by atoms with E-state index in [-0.39, 0.29) is 5.78 Å². The van der Waals surface area contributed by atoms with Crippen molar-refractivity contribution in [2.75, 3.05) is 20.1 Å².